The van der Waals surface area contributed by atoms with E-state index in [2.05, 4.69) is 17.5 Å². The molecule has 6 rings (SSSR count). The van der Waals surface area contributed by atoms with Gasteiger partial charge in [-0.2, -0.15) is 5.10 Å². The van der Waals surface area contributed by atoms with Crippen molar-refractivity contribution >= 4 is 0 Å². The minimum atomic E-state index is 0.552. The van der Waals surface area contributed by atoms with Crippen molar-refractivity contribution in [1.82, 2.24) is 15.5 Å². The van der Waals surface area contributed by atoms with E-state index in [1.807, 2.05) is 0 Å². The Balaban J connectivity index is 1.55. The molecule has 0 radical (unpaired) electrons. The van der Waals surface area contributed by atoms with Gasteiger partial charge in [-0.15, -0.1) is 0 Å². The fraction of sp³-hybridized carbons (Fsp3) is 0.824. The fourth-order valence-electron chi connectivity index (χ4n) is 6.33. The third-order valence-corrected chi connectivity index (χ3v) is 6.83. The normalized spacial score (nSPS) is 45.0. The maximum absolute atomic E-state index is 4.82. The maximum atomic E-state index is 4.82. The quantitative estimate of drug-likeness (QED) is 0.867. The molecule has 20 heavy (non-hydrogen) atoms. The van der Waals surface area contributed by atoms with Gasteiger partial charge in [-0.3, -0.25) is 5.10 Å². The van der Waals surface area contributed by atoms with Crippen LogP contribution in [0.1, 0.15) is 67.4 Å². The Morgan fingerprint density at radius 2 is 1.75 bits per heavy atom. The molecule has 0 aromatic carbocycles. The molecule has 1 atom stereocenters. The number of hydrogen-bond donors (Lipinski definition) is 2. The van der Waals surface area contributed by atoms with Gasteiger partial charge in [0.15, 0.2) is 0 Å². The summed E-state index contributed by atoms with van der Waals surface area (Å²) in [5, 5.41) is 11.7. The minimum absolute atomic E-state index is 0.552. The van der Waals surface area contributed by atoms with Gasteiger partial charge < -0.3 is 5.32 Å². The molecule has 5 aliphatic carbocycles. The van der Waals surface area contributed by atoms with Crippen molar-refractivity contribution in [2.24, 2.45) is 23.7 Å². The van der Waals surface area contributed by atoms with E-state index in [1.165, 1.54) is 56.3 Å². The molecule has 1 aromatic rings. The van der Waals surface area contributed by atoms with Gasteiger partial charge in [0.2, 0.25) is 0 Å². The van der Waals surface area contributed by atoms with Crippen LogP contribution in [0.2, 0.25) is 0 Å². The zero-order chi connectivity index (χ0) is 13.3. The summed E-state index contributed by atoms with van der Waals surface area (Å²) in [6.45, 7) is 0. The van der Waals surface area contributed by atoms with Crippen LogP contribution in [0.25, 0.3) is 0 Å². The lowest BCUT2D eigenvalue weighted by Gasteiger charge is -2.54. The van der Waals surface area contributed by atoms with E-state index >= 15 is 0 Å². The molecule has 1 aromatic heterocycles. The Hall–Kier alpha value is -0.830. The summed E-state index contributed by atoms with van der Waals surface area (Å²) in [5.74, 6) is 4.77. The average molecular weight is 271 g/mol. The summed E-state index contributed by atoms with van der Waals surface area (Å²) in [7, 11) is 2.10. The first-order valence-corrected chi connectivity index (χ1v) is 8.57. The van der Waals surface area contributed by atoms with E-state index in [1.54, 1.807) is 5.56 Å². The van der Waals surface area contributed by atoms with Crippen molar-refractivity contribution in [3.8, 4) is 0 Å². The van der Waals surface area contributed by atoms with Gasteiger partial charge in [0.05, 0.1) is 5.69 Å². The Kier molecular flexibility index (Phi) is 2.41. The molecule has 0 aliphatic heterocycles. The van der Waals surface area contributed by atoms with E-state index in [4.69, 9.17) is 5.10 Å². The van der Waals surface area contributed by atoms with E-state index in [0.717, 1.165) is 29.6 Å². The van der Waals surface area contributed by atoms with Gasteiger partial charge in [0, 0.05) is 23.2 Å². The number of nitrogens with one attached hydrogen (secondary N) is 2. The third kappa shape index (κ3) is 1.47. The molecule has 4 bridgehead atoms. The fourth-order valence-corrected chi connectivity index (χ4v) is 6.33. The topological polar surface area (TPSA) is 40.7 Å². The standard InChI is InChI=1S/C17H25N3/c1-18-13-2-3-14-16(13)17(20-19-14)15-11-5-9-4-10(7-11)8-12(15)6-9/h9-13,15,18H,2-8H2,1H3,(H,19,20). The third-order valence-electron chi connectivity index (χ3n) is 6.83. The molecule has 3 nitrogen and oxygen atoms in total. The monoisotopic (exact) mass is 271 g/mol. The predicted molar refractivity (Wildman–Crippen MR) is 78.5 cm³/mol. The van der Waals surface area contributed by atoms with Crippen LogP contribution in [0.15, 0.2) is 0 Å². The van der Waals surface area contributed by atoms with E-state index in [9.17, 15) is 0 Å². The number of rotatable bonds is 2. The summed E-state index contributed by atoms with van der Waals surface area (Å²) < 4.78 is 0. The summed E-state index contributed by atoms with van der Waals surface area (Å²) >= 11 is 0. The van der Waals surface area contributed by atoms with E-state index < -0.39 is 0 Å². The van der Waals surface area contributed by atoms with Crippen molar-refractivity contribution in [2.45, 2.75) is 56.9 Å². The Labute approximate surface area is 120 Å². The first-order chi connectivity index (χ1) is 9.83. The van der Waals surface area contributed by atoms with Crippen molar-refractivity contribution in [3.63, 3.8) is 0 Å². The number of hydrogen-bond acceptors (Lipinski definition) is 2. The highest BCUT2D eigenvalue weighted by atomic mass is 15.1. The van der Waals surface area contributed by atoms with Crippen LogP contribution in [0.4, 0.5) is 0 Å². The van der Waals surface area contributed by atoms with Crippen LogP contribution in [-0.2, 0) is 6.42 Å². The SMILES string of the molecule is CNC1CCc2[nH]nc(C3C4CC5CC(C4)CC3C5)c21. The van der Waals surface area contributed by atoms with Crippen molar-refractivity contribution in [3.05, 3.63) is 17.0 Å². The number of nitrogens with zero attached hydrogens (tertiary/aromatic N) is 1. The van der Waals surface area contributed by atoms with Gasteiger partial charge in [-0.05, 0) is 75.7 Å². The van der Waals surface area contributed by atoms with Crippen LogP contribution in [0.5, 0.6) is 0 Å². The molecule has 0 amide bonds. The first kappa shape index (κ1) is 11.8. The number of fused-ring (bicyclic) bond motifs is 1. The highest BCUT2D eigenvalue weighted by molar-refractivity contribution is 5.37. The van der Waals surface area contributed by atoms with Crippen LogP contribution >= 0.6 is 0 Å². The second kappa shape index (κ2) is 4.09. The summed E-state index contributed by atoms with van der Waals surface area (Å²) in [4.78, 5) is 0. The molecule has 5 aliphatic rings. The second-order valence-corrected chi connectivity index (χ2v) is 7.84. The summed E-state index contributed by atoms with van der Waals surface area (Å²) in [5.41, 5.74) is 4.45. The Morgan fingerprint density at radius 1 is 1.05 bits per heavy atom. The largest absolute Gasteiger partial charge is 0.313 e. The molecule has 4 fully saturated rings. The minimum Gasteiger partial charge on any atom is -0.313 e. The van der Waals surface area contributed by atoms with E-state index in [0.29, 0.717) is 6.04 Å². The van der Waals surface area contributed by atoms with Gasteiger partial charge >= 0.3 is 0 Å². The summed E-state index contributed by atoms with van der Waals surface area (Å²) in [6, 6.07) is 0.552. The predicted octanol–water partition coefficient (Wildman–Crippen LogP) is 3.16. The molecule has 2 N–H and O–H groups in total. The van der Waals surface area contributed by atoms with Crippen molar-refractivity contribution < 1.29 is 0 Å². The maximum Gasteiger partial charge on any atom is 0.0709 e. The molecular weight excluding hydrogens is 246 g/mol. The number of aryl methyl sites for hydroxylation is 1. The molecule has 3 heteroatoms. The van der Waals surface area contributed by atoms with Crippen LogP contribution in [0.3, 0.4) is 0 Å². The molecule has 1 unspecified atom stereocenters. The molecule has 4 saturated carbocycles. The Bertz CT molecular complexity index is 504. The number of H-pyrrole nitrogens is 1. The zero-order valence-corrected chi connectivity index (χ0v) is 12.4. The van der Waals surface area contributed by atoms with Crippen LogP contribution in [0, 0.1) is 23.7 Å². The highest BCUT2D eigenvalue weighted by Crippen LogP contribution is 2.60. The van der Waals surface area contributed by atoms with Gasteiger partial charge in [-0.1, -0.05) is 0 Å². The number of aromatic nitrogens is 2. The first-order valence-electron chi connectivity index (χ1n) is 8.57. The smallest absolute Gasteiger partial charge is 0.0709 e. The van der Waals surface area contributed by atoms with Crippen molar-refractivity contribution in [2.75, 3.05) is 7.05 Å². The molecule has 1 heterocycles. The highest BCUT2D eigenvalue weighted by Gasteiger charge is 2.50. The lowest BCUT2D eigenvalue weighted by Crippen LogP contribution is -2.44. The van der Waals surface area contributed by atoms with E-state index in [-0.39, 0.29) is 0 Å². The van der Waals surface area contributed by atoms with Crippen LogP contribution in [-0.4, -0.2) is 17.2 Å². The Morgan fingerprint density at radius 3 is 2.40 bits per heavy atom. The van der Waals surface area contributed by atoms with Crippen molar-refractivity contribution in [1.29, 1.82) is 0 Å². The van der Waals surface area contributed by atoms with Gasteiger partial charge in [0.1, 0.15) is 0 Å². The molecule has 108 valence electrons. The van der Waals surface area contributed by atoms with Crippen LogP contribution < -0.4 is 5.32 Å². The summed E-state index contributed by atoms with van der Waals surface area (Å²) in [6.07, 6.45) is 9.93. The average Bonchev–Trinajstić information content (AvgIpc) is 3.00. The molecular formula is C17H25N3. The number of aromatic amines is 1. The molecule has 0 spiro atoms. The van der Waals surface area contributed by atoms with Gasteiger partial charge in [0.25, 0.3) is 0 Å². The zero-order valence-electron chi connectivity index (χ0n) is 12.4. The lowest BCUT2D eigenvalue weighted by atomic mass is 9.51. The van der Waals surface area contributed by atoms with Gasteiger partial charge in [-0.25, -0.2) is 0 Å². The second-order valence-electron chi connectivity index (χ2n) is 7.84. The lowest BCUT2D eigenvalue weighted by molar-refractivity contribution is -0.00456. The molecule has 0 saturated heterocycles.